The molecule has 0 bridgehead atoms. The third kappa shape index (κ3) is 5.24. The number of rotatable bonds is 5. The lowest BCUT2D eigenvalue weighted by Crippen LogP contribution is -2.42. The molecule has 0 saturated heterocycles. The molecule has 2 aromatic rings. The van der Waals surface area contributed by atoms with E-state index in [1.165, 1.54) is 0 Å². The van der Waals surface area contributed by atoms with E-state index < -0.39 is 12.1 Å². The van der Waals surface area contributed by atoms with Gasteiger partial charge in [0.05, 0.1) is 10.7 Å². The molecule has 0 saturated carbocycles. The number of benzene rings is 2. The number of halogens is 4. The highest BCUT2D eigenvalue weighted by atomic mass is 35.5. The number of alkyl halides is 3. The highest BCUT2D eigenvalue weighted by Crippen LogP contribution is 2.32. The molecule has 2 amide bonds. The Kier molecular flexibility index (Phi) is 6.87. The lowest BCUT2D eigenvalue weighted by atomic mass is 10.0. The van der Waals surface area contributed by atoms with E-state index in [1.807, 2.05) is 6.07 Å². The lowest BCUT2D eigenvalue weighted by molar-refractivity contribution is -0.185. The zero-order chi connectivity index (χ0) is 21.7. The van der Waals surface area contributed by atoms with Gasteiger partial charge in [-0.15, -0.1) is 0 Å². The van der Waals surface area contributed by atoms with Gasteiger partial charge in [0.2, 0.25) is 0 Å². The number of nitrogens with one attached hydrogen (secondary N) is 2. The van der Waals surface area contributed by atoms with Crippen molar-refractivity contribution >= 4 is 29.1 Å². The maximum Gasteiger partial charge on any atom is 0.471 e. The molecule has 0 aliphatic carbocycles. The molecule has 0 fully saturated rings. The van der Waals surface area contributed by atoms with Crippen LogP contribution in [0.15, 0.2) is 42.5 Å². The molecule has 0 atom stereocenters. The van der Waals surface area contributed by atoms with Gasteiger partial charge < -0.3 is 15.5 Å². The zero-order valence-corrected chi connectivity index (χ0v) is 16.8. The number of fused-ring (bicyclic) bond motifs is 1. The Labute approximate surface area is 177 Å². The first-order valence-electron chi connectivity index (χ1n) is 9.51. The number of carbonyl (C=O) groups excluding carboxylic acids is 2. The van der Waals surface area contributed by atoms with Gasteiger partial charge in [0, 0.05) is 31.7 Å². The van der Waals surface area contributed by atoms with E-state index in [1.54, 1.807) is 36.4 Å². The molecule has 1 heterocycles. The molecule has 9 heteroatoms. The smallest absolute Gasteiger partial charge is 0.382 e. The molecule has 2 N–H and O–H groups in total. The van der Waals surface area contributed by atoms with Crippen LogP contribution in [0.2, 0.25) is 5.02 Å². The minimum atomic E-state index is -4.88. The van der Waals surface area contributed by atoms with E-state index in [4.69, 9.17) is 11.6 Å². The van der Waals surface area contributed by atoms with Crippen molar-refractivity contribution in [1.29, 1.82) is 0 Å². The SMILES string of the molecule is O=C(NCCNc1c(Cl)ccc2c1CCN(C(=O)C(F)(F)F)CC2)c1ccccc1. The van der Waals surface area contributed by atoms with Crippen molar-refractivity contribution in [2.45, 2.75) is 19.0 Å². The van der Waals surface area contributed by atoms with Crippen LogP contribution in [-0.4, -0.2) is 49.1 Å². The Balaban J connectivity index is 1.62. The fourth-order valence-electron chi connectivity index (χ4n) is 3.42. The largest absolute Gasteiger partial charge is 0.471 e. The summed E-state index contributed by atoms with van der Waals surface area (Å²) in [6, 6.07) is 12.3. The van der Waals surface area contributed by atoms with Gasteiger partial charge in [-0.05, 0) is 42.2 Å². The standard InChI is InChI=1S/C21H21ClF3N3O2/c22-17-7-6-14-8-12-28(20(30)21(23,24)25)13-9-16(14)18(17)26-10-11-27-19(29)15-4-2-1-3-5-15/h1-7,26H,8-13H2,(H,27,29). The van der Waals surface area contributed by atoms with Gasteiger partial charge in [0.15, 0.2) is 0 Å². The van der Waals surface area contributed by atoms with E-state index in [-0.39, 0.29) is 25.4 Å². The van der Waals surface area contributed by atoms with Gasteiger partial charge in [-0.3, -0.25) is 9.59 Å². The maximum absolute atomic E-state index is 12.8. The molecule has 1 aliphatic rings. The Morgan fingerprint density at radius 2 is 1.70 bits per heavy atom. The van der Waals surface area contributed by atoms with Crippen LogP contribution in [0.25, 0.3) is 0 Å². The summed E-state index contributed by atoms with van der Waals surface area (Å²) in [5, 5.41) is 6.42. The summed E-state index contributed by atoms with van der Waals surface area (Å²) in [5.74, 6) is -2.02. The Morgan fingerprint density at radius 3 is 2.40 bits per heavy atom. The van der Waals surface area contributed by atoms with E-state index in [0.29, 0.717) is 35.8 Å². The van der Waals surface area contributed by atoms with Crippen LogP contribution in [0.5, 0.6) is 0 Å². The van der Waals surface area contributed by atoms with Crippen molar-refractivity contribution in [2.75, 3.05) is 31.5 Å². The first-order chi connectivity index (χ1) is 14.3. The number of hydrogen-bond donors (Lipinski definition) is 2. The van der Waals surface area contributed by atoms with Crippen LogP contribution < -0.4 is 10.6 Å². The van der Waals surface area contributed by atoms with Gasteiger partial charge >= 0.3 is 12.1 Å². The second-order valence-electron chi connectivity index (χ2n) is 6.90. The van der Waals surface area contributed by atoms with E-state index in [0.717, 1.165) is 16.0 Å². The minimum Gasteiger partial charge on any atom is -0.382 e. The summed E-state index contributed by atoms with van der Waals surface area (Å²) in [6.45, 7) is 0.691. The Hall–Kier alpha value is -2.74. The molecular formula is C21H21ClF3N3O2. The zero-order valence-electron chi connectivity index (χ0n) is 16.1. The van der Waals surface area contributed by atoms with Crippen LogP contribution in [0.1, 0.15) is 21.5 Å². The highest BCUT2D eigenvalue weighted by Gasteiger charge is 2.42. The van der Waals surface area contributed by atoms with Crippen LogP contribution in [0, 0.1) is 0 Å². The molecule has 2 aromatic carbocycles. The summed E-state index contributed by atoms with van der Waals surface area (Å²) in [5.41, 5.74) is 2.84. The van der Waals surface area contributed by atoms with Crippen LogP contribution in [0.4, 0.5) is 18.9 Å². The quantitative estimate of drug-likeness (QED) is 0.699. The average molecular weight is 440 g/mol. The molecule has 0 radical (unpaired) electrons. The van der Waals surface area contributed by atoms with Crippen molar-refractivity contribution in [2.24, 2.45) is 0 Å². The molecule has 160 valence electrons. The van der Waals surface area contributed by atoms with Gasteiger partial charge in [0.1, 0.15) is 0 Å². The monoisotopic (exact) mass is 439 g/mol. The summed E-state index contributed by atoms with van der Waals surface area (Å²) in [6.07, 6.45) is -4.31. The molecule has 1 aliphatic heterocycles. The van der Waals surface area contributed by atoms with Crippen molar-refractivity contribution in [3.63, 3.8) is 0 Å². The predicted octanol–water partition coefficient (Wildman–Crippen LogP) is 3.67. The Bertz CT molecular complexity index is 920. The van der Waals surface area contributed by atoms with Crippen LogP contribution in [0.3, 0.4) is 0 Å². The number of hydrogen-bond acceptors (Lipinski definition) is 3. The summed E-state index contributed by atoms with van der Waals surface area (Å²) in [4.78, 5) is 24.5. The maximum atomic E-state index is 12.8. The highest BCUT2D eigenvalue weighted by molar-refractivity contribution is 6.33. The molecule has 0 unspecified atom stereocenters. The van der Waals surface area contributed by atoms with Crippen LogP contribution >= 0.6 is 11.6 Å². The fraction of sp³-hybridized carbons (Fsp3) is 0.333. The second kappa shape index (κ2) is 9.38. The van der Waals surface area contributed by atoms with Gasteiger partial charge in [-0.2, -0.15) is 13.2 Å². The van der Waals surface area contributed by atoms with Crippen LogP contribution in [-0.2, 0) is 17.6 Å². The van der Waals surface area contributed by atoms with Crippen molar-refractivity contribution in [3.8, 4) is 0 Å². The molecule has 0 spiro atoms. The van der Waals surface area contributed by atoms with E-state index in [9.17, 15) is 22.8 Å². The molecular weight excluding hydrogens is 419 g/mol. The third-order valence-electron chi connectivity index (χ3n) is 4.92. The number of nitrogens with zero attached hydrogens (tertiary/aromatic N) is 1. The first-order valence-corrected chi connectivity index (χ1v) is 9.88. The third-order valence-corrected chi connectivity index (χ3v) is 5.23. The van der Waals surface area contributed by atoms with Crippen molar-refractivity contribution in [1.82, 2.24) is 10.2 Å². The minimum absolute atomic E-state index is 0.000448. The normalized spacial score (nSPS) is 13.9. The average Bonchev–Trinajstić information content (AvgIpc) is 2.94. The van der Waals surface area contributed by atoms with Gasteiger partial charge in [0.25, 0.3) is 5.91 Å². The Morgan fingerprint density at radius 1 is 1.00 bits per heavy atom. The predicted molar refractivity (Wildman–Crippen MR) is 109 cm³/mol. The first kappa shape index (κ1) is 22.0. The summed E-state index contributed by atoms with van der Waals surface area (Å²) < 4.78 is 38.3. The topological polar surface area (TPSA) is 61.4 Å². The molecule has 3 rings (SSSR count). The van der Waals surface area contributed by atoms with E-state index >= 15 is 0 Å². The number of carbonyl (C=O) groups is 2. The summed E-state index contributed by atoms with van der Waals surface area (Å²) in [7, 11) is 0. The fourth-order valence-corrected chi connectivity index (χ4v) is 3.67. The van der Waals surface area contributed by atoms with Gasteiger partial charge in [-0.25, -0.2) is 0 Å². The second-order valence-corrected chi connectivity index (χ2v) is 7.31. The number of anilines is 1. The molecule has 5 nitrogen and oxygen atoms in total. The summed E-state index contributed by atoms with van der Waals surface area (Å²) >= 11 is 6.31. The van der Waals surface area contributed by atoms with Gasteiger partial charge in [-0.1, -0.05) is 35.9 Å². The van der Waals surface area contributed by atoms with Crippen molar-refractivity contribution < 1.29 is 22.8 Å². The number of amides is 2. The molecule has 0 aromatic heterocycles. The lowest BCUT2D eigenvalue weighted by Gasteiger charge is -2.21. The van der Waals surface area contributed by atoms with Crippen molar-refractivity contribution in [3.05, 3.63) is 64.2 Å². The van der Waals surface area contributed by atoms with E-state index in [2.05, 4.69) is 10.6 Å². The molecule has 30 heavy (non-hydrogen) atoms.